The van der Waals surface area contributed by atoms with Crippen LogP contribution in [-0.4, -0.2) is 11.5 Å². The molecule has 0 spiro atoms. The molecule has 6 heteroatoms. The molecule has 1 heterocycles. The average Bonchev–Trinajstić information content (AvgIpc) is 2.79. The summed E-state index contributed by atoms with van der Waals surface area (Å²) in [6.45, 7) is 0. The first-order chi connectivity index (χ1) is 8.46. The van der Waals surface area contributed by atoms with E-state index in [1.165, 1.54) is 29.5 Å². The van der Waals surface area contributed by atoms with Crippen molar-refractivity contribution in [1.82, 2.24) is 0 Å². The third-order valence-corrected chi connectivity index (χ3v) is 3.14. The largest absolute Gasteiger partial charge is 0.573 e. The second kappa shape index (κ2) is 4.99. The maximum atomic E-state index is 12.1. The summed E-state index contributed by atoms with van der Waals surface area (Å²) in [6, 6.07) is 8.81. The van der Waals surface area contributed by atoms with E-state index in [0.717, 1.165) is 0 Å². The smallest absolute Gasteiger partial charge is 0.406 e. The summed E-state index contributed by atoms with van der Waals surface area (Å²) in [7, 11) is 0. The van der Waals surface area contributed by atoms with Gasteiger partial charge in [-0.05, 0) is 29.1 Å². The van der Waals surface area contributed by atoms with Gasteiger partial charge < -0.3 is 9.84 Å². The highest BCUT2D eigenvalue weighted by Crippen LogP contribution is 2.29. The molecule has 0 amide bonds. The lowest BCUT2D eigenvalue weighted by atomic mass is 10.1. The molecule has 0 aliphatic rings. The molecule has 1 atom stereocenters. The molecule has 0 radical (unpaired) electrons. The van der Waals surface area contributed by atoms with E-state index in [9.17, 15) is 18.3 Å². The van der Waals surface area contributed by atoms with E-state index in [0.29, 0.717) is 10.4 Å². The van der Waals surface area contributed by atoms with Crippen molar-refractivity contribution < 1.29 is 23.0 Å². The van der Waals surface area contributed by atoms with E-state index in [2.05, 4.69) is 4.74 Å². The topological polar surface area (TPSA) is 29.5 Å². The zero-order valence-corrected chi connectivity index (χ0v) is 9.83. The number of benzene rings is 1. The molecule has 0 saturated carbocycles. The SMILES string of the molecule is OC(c1cccc(OC(F)(F)F)c1)c1cccs1. The molecule has 0 aliphatic carbocycles. The lowest BCUT2D eigenvalue weighted by molar-refractivity contribution is -0.274. The Balaban J connectivity index is 2.22. The van der Waals surface area contributed by atoms with Crippen LogP contribution in [0.25, 0.3) is 0 Å². The Labute approximate surface area is 105 Å². The van der Waals surface area contributed by atoms with E-state index < -0.39 is 12.5 Å². The predicted molar refractivity (Wildman–Crippen MR) is 61.5 cm³/mol. The van der Waals surface area contributed by atoms with Gasteiger partial charge in [0, 0.05) is 4.88 Å². The fourth-order valence-corrected chi connectivity index (χ4v) is 2.23. The van der Waals surface area contributed by atoms with Crippen LogP contribution in [0.3, 0.4) is 0 Å². The molecule has 96 valence electrons. The first-order valence-corrected chi connectivity index (χ1v) is 5.91. The maximum Gasteiger partial charge on any atom is 0.573 e. The van der Waals surface area contributed by atoms with Crippen LogP contribution in [0.2, 0.25) is 0 Å². The van der Waals surface area contributed by atoms with Gasteiger partial charge in [0.05, 0.1) is 0 Å². The molecule has 0 saturated heterocycles. The van der Waals surface area contributed by atoms with Crippen molar-refractivity contribution in [3.05, 3.63) is 52.2 Å². The van der Waals surface area contributed by atoms with E-state index in [4.69, 9.17) is 0 Å². The maximum absolute atomic E-state index is 12.1. The number of hydrogen-bond donors (Lipinski definition) is 1. The molecule has 0 aliphatic heterocycles. The van der Waals surface area contributed by atoms with Gasteiger partial charge in [-0.25, -0.2) is 0 Å². The quantitative estimate of drug-likeness (QED) is 0.924. The van der Waals surface area contributed by atoms with Gasteiger partial charge in [-0.3, -0.25) is 0 Å². The molecule has 1 unspecified atom stereocenters. The number of thiophene rings is 1. The van der Waals surface area contributed by atoms with Crippen LogP contribution in [0, 0.1) is 0 Å². The van der Waals surface area contributed by atoms with Gasteiger partial charge in [-0.2, -0.15) is 0 Å². The van der Waals surface area contributed by atoms with E-state index >= 15 is 0 Å². The molecule has 0 fully saturated rings. The van der Waals surface area contributed by atoms with Gasteiger partial charge in [0.1, 0.15) is 11.9 Å². The second-order valence-electron chi connectivity index (χ2n) is 3.54. The van der Waals surface area contributed by atoms with E-state index in [-0.39, 0.29) is 5.75 Å². The summed E-state index contributed by atoms with van der Waals surface area (Å²) in [5.41, 5.74) is 0.360. The molecule has 2 rings (SSSR count). The van der Waals surface area contributed by atoms with Gasteiger partial charge in [0.15, 0.2) is 0 Å². The fourth-order valence-electron chi connectivity index (χ4n) is 1.49. The molecule has 2 nitrogen and oxygen atoms in total. The third kappa shape index (κ3) is 3.24. The van der Waals surface area contributed by atoms with Gasteiger partial charge in [0.25, 0.3) is 0 Å². The van der Waals surface area contributed by atoms with Crippen LogP contribution in [0.15, 0.2) is 41.8 Å². The van der Waals surface area contributed by atoms with Gasteiger partial charge in [0.2, 0.25) is 0 Å². The zero-order chi connectivity index (χ0) is 13.2. The monoisotopic (exact) mass is 274 g/mol. The molecule has 1 aromatic carbocycles. The molecule has 18 heavy (non-hydrogen) atoms. The number of hydrogen-bond acceptors (Lipinski definition) is 3. The number of rotatable bonds is 3. The lowest BCUT2D eigenvalue weighted by Gasteiger charge is -2.12. The Morgan fingerprint density at radius 1 is 1.17 bits per heavy atom. The van der Waals surface area contributed by atoms with E-state index in [1.54, 1.807) is 23.6 Å². The normalized spacial score (nSPS) is 13.3. The summed E-state index contributed by atoms with van der Waals surface area (Å²) < 4.78 is 40.0. The number of halogens is 3. The fraction of sp³-hybridized carbons (Fsp3) is 0.167. The lowest BCUT2D eigenvalue weighted by Crippen LogP contribution is -2.17. The summed E-state index contributed by atoms with van der Waals surface area (Å²) in [4.78, 5) is 0.666. The average molecular weight is 274 g/mol. The highest BCUT2D eigenvalue weighted by molar-refractivity contribution is 7.10. The Morgan fingerprint density at radius 3 is 2.56 bits per heavy atom. The van der Waals surface area contributed by atoms with E-state index in [1.807, 2.05) is 0 Å². The first kappa shape index (κ1) is 12.9. The van der Waals surface area contributed by atoms with Crippen molar-refractivity contribution in [3.63, 3.8) is 0 Å². The standard InChI is InChI=1S/C12H9F3O2S/c13-12(14,15)17-9-4-1-3-8(7-9)11(16)10-5-2-6-18-10/h1-7,11,16H. The molecule has 0 bridgehead atoms. The van der Waals surface area contributed by atoms with Gasteiger partial charge in [-0.15, -0.1) is 24.5 Å². The Morgan fingerprint density at radius 2 is 1.94 bits per heavy atom. The van der Waals surface area contributed by atoms with Gasteiger partial charge in [-0.1, -0.05) is 18.2 Å². The minimum atomic E-state index is -4.73. The summed E-state index contributed by atoms with van der Waals surface area (Å²) in [6.07, 6.45) is -5.67. The summed E-state index contributed by atoms with van der Waals surface area (Å²) in [5, 5.41) is 11.8. The minimum Gasteiger partial charge on any atom is -0.406 e. The summed E-state index contributed by atoms with van der Waals surface area (Å²) >= 11 is 1.33. The number of aliphatic hydroxyl groups is 1. The van der Waals surface area contributed by atoms with Crippen LogP contribution in [0.5, 0.6) is 5.75 Å². The summed E-state index contributed by atoms with van der Waals surface area (Å²) in [5.74, 6) is -0.337. The molecule has 1 N–H and O–H groups in total. The van der Waals surface area contributed by atoms with Crippen molar-refractivity contribution in [3.8, 4) is 5.75 Å². The number of alkyl halides is 3. The van der Waals surface area contributed by atoms with Crippen LogP contribution in [0.1, 0.15) is 16.5 Å². The highest BCUT2D eigenvalue weighted by Gasteiger charge is 2.31. The van der Waals surface area contributed by atoms with Crippen molar-refractivity contribution in [2.45, 2.75) is 12.5 Å². The Hall–Kier alpha value is -1.53. The molecular formula is C12H9F3O2S. The number of ether oxygens (including phenoxy) is 1. The van der Waals surface area contributed by atoms with Crippen LogP contribution >= 0.6 is 11.3 Å². The van der Waals surface area contributed by atoms with Crippen LogP contribution in [-0.2, 0) is 0 Å². The van der Waals surface area contributed by atoms with Crippen molar-refractivity contribution in [2.24, 2.45) is 0 Å². The van der Waals surface area contributed by atoms with Gasteiger partial charge >= 0.3 is 6.36 Å². The van der Waals surface area contributed by atoms with Crippen LogP contribution < -0.4 is 4.74 Å². The predicted octanol–water partition coefficient (Wildman–Crippen LogP) is 3.73. The molecule has 1 aromatic heterocycles. The Kier molecular flexibility index (Phi) is 3.58. The minimum absolute atomic E-state index is 0.337. The highest BCUT2D eigenvalue weighted by atomic mass is 32.1. The number of aliphatic hydroxyl groups excluding tert-OH is 1. The van der Waals surface area contributed by atoms with Crippen molar-refractivity contribution in [1.29, 1.82) is 0 Å². The third-order valence-electron chi connectivity index (χ3n) is 2.22. The zero-order valence-electron chi connectivity index (χ0n) is 9.02. The van der Waals surface area contributed by atoms with Crippen molar-refractivity contribution in [2.75, 3.05) is 0 Å². The van der Waals surface area contributed by atoms with Crippen LogP contribution in [0.4, 0.5) is 13.2 Å². The van der Waals surface area contributed by atoms with Crippen molar-refractivity contribution >= 4 is 11.3 Å². The molecular weight excluding hydrogens is 265 g/mol. The molecule has 2 aromatic rings. The first-order valence-electron chi connectivity index (χ1n) is 5.03. The second-order valence-corrected chi connectivity index (χ2v) is 4.52. The Bertz CT molecular complexity index is 508.